The van der Waals surface area contributed by atoms with Crippen molar-refractivity contribution in [2.24, 2.45) is 5.73 Å². The average Bonchev–Trinajstić information content (AvgIpc) is 3.33. The number of carbonyl (C=O) groups excluding carboxylic acids is 1. The van der Waals surface area contributed by atoms with Gasteiger partial charge < -0.3 is 24.9 Å². The lowest BCUT2D eigenvalue weighted by Crippen LogP contribution is -2.31. The molecule has 10 nitrogen and oxygen atoms in total. The Morgan fingerprint density at radius 2 is 1.72 bits per heavy atom. The van der Waals surface area contributed by atoms with Crippen molar-refractivity contribution in [2.45, 2.75) is 32.1 Å². The second kappa shape index (κ2) is 12.2. The number of aromatic nitrogens is 4. The second-order valence-electron chi connectivity index (χ2n) is 10.4. The topological polar surface area (TPSA) is 142 Å². The number of hydrogen-bond acceptors (Lipinski definition) is 7. The monoisotopic (exact) mass is 639 g/mol. The van der Waals surface area contributed by atoms with Crippen molar-refractivity contribution >= 4 is 22.9 Å². The molecule has 1 aliphatic rings. The van der Waals surface area contributed by atoms with Gasteiger partial charge in [0.1, 0.15) is 41.1 Å². The molecule has 0 saturated carbocycles. The standard InChI is InChI=1S/C31H22F5N5O5/c32-19-1-2-24(39-30(19)46-13-16-11-38-25(29(37)42)10-21(16)34)18-9-20(33)14(5-22(18)35)8-27-40-28-23(36)6-15(31(43)44)7-26(28)41(27)12-17-3-4-45-17/h1-2,5-7,9-11,17H,3-4,8,12-13H2,(H2,37,42)(H,43,44)/t17-/m0/s1. The molecule has 0 radical (unpaired) electrons. The maximum atomic E-state index is 15.5. The van der Waals surface area contributed by atoms with Crippen LogP contribution in [0.1, 0.15) is 44.2 Å². The number of aromatic carboxylic acids is 1. The number of hydrogen-bond donors (Lipinski definition) is 2. The van der Waals surface area contributed by atoms with Gasteiger partial charge in [-0.1, -0.05) is 0 Å². The zero-order chi connectivity index (χ0) is 32.7. The van der Waals surface area contributed by atoms with Crippen molar-refractivity contribution in [3.63, 3.8) is 0 Å². The largest absolute Gasteiger partial charge is 0.478 e. The van der Waals surface area contributed by atoms with E-state index in [0.717, 1.165) is 42.6 Å². The van der Waals surface area contributed by atoms with E-state index in [2.05, 4.69) is 15.0 Å². The SMILES string of the molecule is NC(=O)c1cc(F)c(COc2nc(-c3cc(F)c(Cc4nc5c(F)cc(C(=O)O)cc5n4C[C@@H]4CCO4)cc3F)ccc2F)cn1. The Bertz CT molecular complexity index is 2030. The molecule has 46 heavy (non-hydrogen) atoms. The third-order valence-electron chi connectivity index (χ3n) is 7.43. The van der Waals surface area contributed by atoms with Gasteiger partial charge >= 0.3 is 5.97 Å². The van der Waals surface area contributed by atoms with Gasteiger partial charge in [0, 0.05) is 36.4 Å². The quantitative estimate of drug-likeness (QED) is 0.205. The van der Waals surface area contributed by atoms with Crippen LogP contribution in [-0.4, -0.2) is 49.2 Å². The molecule has 3 N–H and O–H groups in total. The van der Waals surface area contributed by atoms with E-state index in [1.165, 1.54) is 10.6 Å². The summed E-state index contributed by atoms with van der Waals surface area (Å²) in [6, 6.07) is 6.66. The zero-order valence-corrected chi connectivity index (χ0v) is 23.6. The lowest BCUT2D eigenvalue weighted by molar-refractivity contribution is -0.0589. The first-order valence-electron chi connectivity index (χ1n) is 13.7. The van der Waals surface area contributed by atoms with E-state index in [1.807, 2.05) is 0 Å². The first kappa shape index (κ1) is 30.6. The Hall–Kier alpha value is -5.44. The number of carbonyl (C=O) groups is 2. The van der Waals surface area contributed by atoms with Crippen molar-refractivity contribution in [3.05, 3.63) is 106 Å². The third kappa shape index (κ3) is 5.96. The van der Waals surface area contributed by atoms with Crippen LogP contribution in [0.4, 0.5) is 22.0 Å². The summed E-state index contributed by atoms with van der Waals surface area (Å²) < 4.78 is 86.8. The summed E-state index contributed by atoms with van der Waals surface area (Å²) in [5.74, 6) is -7.30. The molecule has 4 heterocycles. The number of fused-ring (bicyclic) bond motifs is 1. The number of carboxylic acid groups (broad SMARTS) is 1. The second-order valence-corrected chi connectivity index (χ2v) is 10.4. The maximum absolute atomic E-state index is 15.5. The molecule has 1 aliphatic heterocycles. The first-order valence-corrected chi connectivity index (χ1v) is 13.7. The number of carboxylic acids is 1. The Morgan fingerprint density at radius 1 is 0.957 bits per heavy atom. The molecule has 0 spiro atoms. The predicted octanol–water partition coefficient (Wildman–Crippen LogP) is 4.94. The fraction of sp³-hybridized carbons (Fsp3) is 0.194. The number of primary amides is 1. The molecule has 1 fully saturated rings. The van der Waals surface area contributed by atoms with Gasteiger partial charge in [-0.2, -0.15) is 0 Å². The Morgan fingerprint density at radius 3 is 2.39 bits per heavy atom. The van der Waals surface area contributed by atoms with E-state index in [9.17, 15) is 27.9 Å². The van der Waals surface area contributed by atoms with Gasteiger partial charge in [0.05, 0.1) is 29.4 Å². The van der Waals surface area contributed by atoms with Crippen LogP contribution in [-0.2, 0) is 24.3 Å². The molecule has 5 aromatic rings. The molecule has 1 saturated heterocycles. The molecule has 0 unspecified atom stereocenters. The van der Waals surface area contributed by atoms with Gasteiger partial charge in [0.15, 0.2) is 11.6 Å². The number of rotatable bonds is 10. The van der Waals surface area contributed by atoms with Crippen LogP contribution in [0, 0.1) is 29.1 Å². The van der Waals surface area contributed by atoms with Crippen molar-refractivity contribution in [2.75, 3.05) is 6.61 Å². The van der Waals surface area contributed by atoms with Crippen molar-refractivity contribution < 1.29 is 46.1 Å². The molecule has 3 aromatic heterocycles. The number of ether oxygens (including phenoxy) is 2. The minimum absolute atomic E-state index is 0.126. The molecule has 2 aromatic carbocycles. The Balaban J connectivity index is 1.29. The van der Waals surface area contributed by atoms with E-state index < -0.39 is 53.4 Å². The van der Waals surface area contributed by atoms with Crippen LogP contribution in [0.15, 0.2) is 48.7 Å². The molecule has 6 rings (SSSR count). The molecule has 0 aliphatic carbocycles. The zero-order valence-electron chi connectivity index (χ0n) is 23.6. The van der Waals surface area contributed by atoms with E-state index in [1.54, 1.807) is 0 Å². The number of imidazole rings is 1. The molecular weight excluding hydrogens is 617 g/mol. The van der Waals surface area contributed by atoms with Crippen molar-refractivity contribution in [3.8, 4) is 17.1 Å². The van der Waals surface area contributed by atoms with Gasteiger partial charge in [-0.15, -0.1) is 0 Å². The molecule has 1 amide bonds. The smallest absolute Gasteiger partial charge is 0.335 e. The van der Waals surface area contributed by atoms with Crippen LogP contribution in [0.25, 0.3) is 22.3 Å². The molecule has 236 valence electrons. The molecular formula is C31H22F5N5O5. The Kier molecular flexibility index (Phi) is 8.08. The highest BCUT2D eigenvalue weighted by atomic mass is 19.1. The highest BCUT2D eigenvalue weighted by Crippen LogP contribution is 2.30. The lowest BCUT2D eigenvalue weighted by atomic mass is 10.0. The van der Waals surface area contributed by atoms with E-state index in [4.69, 9.17) is 15.2 Å². The summed E-state index contributed by atoms with van der Waals surface area (Å²) in [5, 5.41) is 9.40. The summed E-state index contributed by atoms with van der Waals surface area (Å²) >= 11 is 0. The summed E-state index contributed by atoms with van der Waals surface area (Å²) in [7, 11) is 0. The van der Waals surface area contributed by atoms with Gasteiger partial charge in [-0.05, 0) is 48.4 Å². The highest BCUT2D eigenvalue weighted by Gasteiger charge is 2.25. The number of halogens is 5. The van der Waals surface area contributed by atoms with Crippen LogP contribution in [0.2, 0.25) is 0 Å². The van der Waals surface area contributed by atoms with Gasteiger partial charge in [0.2, 0.25) is 0 Å². The third-order valence-corrected chi connectivity index (χ3v) is 7.43. The number of amides is 1. The molecule has 0 bridgehead atoms. The van der Waals surface area contributed by atoms with Gasteiger partial charge in [0.25, 0.3) is 11.8 Å². The van der Waals surface area contributed by atoms with Crippen LogP contribution in [0.5, 0.6) is 5.88 Å². The fourth-order valence-electron chi connectivity index (χ4n) is 4.93. The maximum Gasteiger partial charge on any atom is 0.335 e. The van der Waals surface area contributed by atoms with E-state index in [0.29, 0.717) is 13.0 Å². The summed E-state index contributed by atoms with van der Waals surface area (Å²) in [4.78, 5) is 34.6. The fourth-order valence-corrected chi connectivity index (χ4v) is 4.93. The minimum Gasteiger partial charge on any atom is -0.478 e. The molecule has 1 atom stereocenters. The van der Waals surface area contributed by atoms with Gasteiger partial charge in [-0.3, -0.25) is 9.78 Å². The summed E-state index contributed by atoms with van der Waals surface area (Å²) in [6.45, 7) is 0.154. The van der Waals surface area contributed by atoms with Crippen LogP contribution >= 0.6 is 0 Å². The predicted molar refractivity (Wildman–Crippen MR) is 150 cm³/mol. The number of nitrogens with two attached hydrogens (primary N) is 1. The molecule has 15 heteroatoms. The number of pyridine rings is 2. The van der Waals surface area contributed by atoms with Crippen LogP contribution in [0.3, 0.4) is 0 Å². The number of benzene rings is 2. The van der Waals surface area contributed by atoms with Crippen LogP contribution < -0.4 is 10.5 Å². The van der Waals surface area contributed by atoms with E-state index in [-0.39, 0.29) is 69.6 Å². The summed E-state index contributed by atoms with van der Waals surface area (Å²) in [6.07, 6.45) is 1.14. The first-order chi connectivity index (χ1) is 22.0. The van der Waals surface area contributed by atoms with Crippen molar-refractivity contribution in [1.29, 1.82) is 0 Å². The lowest BCUT2D eigenvalue weighted by Gasteiger charge is -2.27. The average molecular weight is 640 g/mol. The summed E-state index contributed by atoms with van der Waals surface area (Å²) in [5.41, 5.74) is 3.67. The van der Waals surface area contributed by atoms with E-state index >= 15 is 8.78 Å². The normalized spacial score (nSPS) is 14.3. The Labute approximate surface area is 256 Å². The van der Waals surface area contributed by atoms with Crippen molar-refractivity contribution in [1.82, 2.24) is 19.5 Å². The highest BCUT2D eigenvalue weighted by molar-refractivity contribution is 5.93. The number of nitrogens with zero attached hydrogens (tertiary/aromatic N) is 4. The minimum atomic E-state index is -1.34. The van der Waals surface area contributed by atoms with Gasteiger partial charge in [-0.25, -0.2) is 36.7 Å².